The average molecular weight is 276 g/mol. The zero-order valence-corrected chi connectivity index (χ0v) is 11.1. The van der Waals surface area contributed by atoms with Crippen molar-refractivity contribution in [1.29, 1.82) is 0 Å². The molecule has 6 nitrogen and oxygen atoms in total. The van der Waals surface area contributed by atoms with Crippen molar-refractivity contribution in [3.63, 3.8) is 0 Å². The molecule has 1 aromatic rings. The highest BCUT2D eigenvalue weighted by molar-refractivity contribution is 5.75. The van der Waals surface area contributed by atoms with Gasteiger partial charge in [-0.05, 0) is 30.9 Å². The molecule has 3 atom stereocenters. The van der Waals surface area contributed by atoms with Crippen LogP contribution in [0.5, 0.6) is 0 Å². The van der Waals surface area contributed by atoms with E-state index in [1.54, 1.807) is 0 Å². The van der Waals surface area contributed by atoms with Gasteiger partial charge in [0.2, 0.25) is 0 Å². The number of aliphatic carboxylic acids is 1. The van der Waals surface area contributed by atoms with E-state index in [2.05, 4.69) is 5.43 Å². The maximum Gasteiger partial charge on any atom is 0.425 e. The van der Waals surface area contributed by atoms with Gasteiger partial charge in [-0.25, -0.2) is 15.2 Å². The molecule has 1 aromatic carbocycles. The van der Waals surface area contributed by atoms with E-state index >= 15 is 0 Å². The molecule has 1 aliphatic heterocycles. The van der Waals surface area contributed by atoms with Crippen molar-refractivity contribution in [2.45, 2.75) is 38.0 Å². The van der Waals surface area contributed by atoms with Crippen LogP contribution in [0.4, 0.5) is 4.79 Å². The summed E-state index contributed by atoms with van der Waals surface area (Å²) in [7, 11) is 0. The van der Waals surface area contributed by atoms with E-state index < -0.39 is 18.1 Å². The van der Waals surface area contributed by atoms with Crippen molar-refractivity contribution in [2.75, 3.05) is 0 Å². The monoisotopic (exact) mass is 276 g/mol. The Labute approximate surface area is 116 Å². The quantitative estimate of drug-likeness (QED) is 0.874. The molecule has 1 aliphatic carbocycles. The van der Waals surface area contributed by atoms with Gasteiger partial charge in [0.15, 0.2) is 6.10 Å². The number of rotatable bonds is 3. The molecule has 0 spiro atoms. The predicted molar refractivity (Wildman–Crippen MR) is 69.8 cm³/mol. The molecule has 0 radical (unpaired) electrons. The summed E-state index contributed by atoms with van der Waals surface area (Å²) >= 11 is 0. The standard InChI is InChI=1S/C14H16N2O4/c1-8(13(17)18)15-16-11-7-6-9-4-2-3-5-10(9)12(11)20-14(16)19/h2-5,8,11-12,15H,6-7H2,1H3,(H,17,18)/t8-,11?,12?/m0/s1. The lowest BCUT2D eigenvalue weighted by molar-refractivity contribution is -0.140. The Bertz CT molecular complexity index is 560. The maximum atomic E-state index is 12.0. The second kappa shape index (κ2) is 4.79. The van der Waals surface area contributed by atoms with Gasteiger partial charge in [0.05, 0.1) is 6.04 Å². The van der Waals surface area contributed by atoms with Gasteiger partial charge in [-0.1, -0.05) is 24.3 Å². The summed E-state index contributed by atoms with van der Waals surface area (Å²) in [6.07, 6.45) is 0.783. The van der Waals surface area contributed by atoms with Gasteiger partial charge in [-0.2, -0.15) is 0 Å². The van der Waals surface area contributed by atoms with Crippen LogP contribution >= 0.6 is 0 Å². The van der Waals surface area contributed by atoms with E-state index in [1.165, 1.54) is 17.5 Å². The minimum atomic E-state index is -1.00. The van der Waals surface area contributed by atoms with E-state index in [0.29, 0.717) is 0 Å². The van der Waals surface area contributed by atoms with Crippen LogP contribution in [0.1, 0.15) is 30.6 Å². The largest absolute Gasteiger partial charge is 0.480 e. The Morgan fingerprint density at radius 3 is 3.00 bits per heavy atom. The molecule has 0 bridgehead atoms. The number of amides is 1. The molecular weight excluding hydrogens is 260 g/mol. The molecule has 2 aliphatic rings. The van der Waals surface area contributed by atoms with Crippen molar-refractivity contribution in [3.05, 3.63) is 35.4 Å². The summed E-state index contributed by atoms with van der Waals surface area (Å²) in [6.45, 7) is 1.50. The summed E-state index contributed by atoms with van der Waals surface area (Å²) in [5.41, 5.74) is 4.92. The molecule has 2 unspecified atom stereocenters. The van der Waals surface area contributed by atoms with Crippen LogP contribution in [0.2, 0.25) is 0 Å². The highest BCUT2D eigenvalue weighted by Gasteiger charge is 2.46. The van der Waals surface area contributed by atoms with Gasteiger partial charge in [0.25, 0.3) is 0 Å². The lowest BCUT2D eigenvalue weighted by atomic mass is 9.86. The Hall–Kier alpha value is -2.08. The van der Waals surface area contributed by atoms with Gasteiger partial charge in [-0.15, -0.1) is 0 Å². The molecular formula is C14H16N2O4. The first-order valence-corrected chi connectivity index (χ1v) is 6.64. The van der Waals surface area contributed by atoms with Gasteiger partial charge in [0.1, 0.15) is 6.04 Å². The molecule has 2 N–H and O–H groups in total. The second-order valence-electron chi connectivity index (χ2n) is 5.17. The molecule has 20 heavy (non-hydrogen) atoms. The summed E-state index contributed by atoms with van der Waals surface area (Å²) in [5.74, 6) is -1.00. The third-order valence-corrected chi connectivity index (χ3v) is 3.88. The number of hydrogen-bond acceptors (Lipinski definition) is 4. The second-order valence-corrected chi connectivity index (χ2v) is 5.17. The lowest BCUT2D eigenvalue weighted by Crippen LogP contribution is -2.52. The number of fused-ring (bicyclic) bond motifs is 3. The van der Waals surface area contributed by atoms with Gasteiger partial charge in [-0.3, -0.25) is 4.79 Å². The first-order valence-electron chi connectivity index (χ1n) is 6.64. The Balaban J connectivity index is 1.85. The Morgan fingerprint density at radius 2 is 2.25 bits per heavy atom. The molecule has 0 aromatic heterocycles. The molecule has 1 fully saturated rings. The Morgan fingerprint density at radius 1 is 1.50 bits per heavy atom. The number of aryl methyl sites for hydroxylation is 1. The lowest BCUT2D eigenvalue weighted by Gasteiger charge is -2.30. The maximum absolute atomic E-state index is 12.0. The van der Waals surface area contributed by atoms with Crippen molar-refractivity contribution in [2.24, 2.45) is 0 Å². The summed E-state index contributed by atoms with van der Waals surface area (Å²) in [4.78, 5) is 22.9. The number of hydrazine groups is 1. The average Bonchev–Trinajstić information content (AvgIpc) is 2.75. The molecule has 0 saturated carbocycles. The molecule has 6 heteroatoms. The van der Waals surface area contributed by atoms with Crippen LogP contribution < -0.4 is 5.43 Å². The first kappa shape index (κ1) is 12.9. The van der Waals surface area contributed by atoms with Gasteiger partial charge >= 0.3 is 12.1 Å². The minimum absolute atomic E-state index is 0.154. The zero-order valence-electron chi connectivity index (χ0n) is 11.1. The van der Waals surface area contributed by atoms with Crippen LogP contribution in [-0.4, -0.2) is 34.3 Å². The zero-order chi connectivity index (χ0) is 14.3. The van der Waals surface area contributed by atoms with Gasteiger partial charge < -0.3 is 9.84 Å². The fourth-order valence-corrected chi connectivity index (χ4v) is 2.82. The molecule has 1 amide bonds. The summed E-state index contributed by atoms with van der Waals surface area (Å²) in [6, 6.07) is 6.90. The predicted octanol–water partition coefficient (Wildman–Crippen LogP) is 1.47. The van der Waals surface area contributed by atoms with Crippen LogP contribution in [0, 0.1) is 0 Å². The SMILES string of the molecule is C[C@H](NN1C(=O)OC2c3ccccc3CCC21)C(=O)O. The minimum Gasteiger partial charge on any atom is -0.480 e. The number of nitrogens with one attached hydrogen (secondary N) is 1. The fourth-order valence-electron chi connectivity index (χ4n) is 2.82. The van der Waals surface area contributed by atoms with Crippen LogP contribution in [-0.2, 0) is 16.0 Å². The van der Waals surface area contributed by atoms with Crippen molar-refractivity contribution in [1.82, 2.24) is 10.4 Å². The normalized spacial score (nSPS) is 25.6. The number of carbonyl (C=O) groups is 2. The van der Waals surface area contributed by atoms with Crippen LogP contribution in [0.15, 0.2) is 24.3 Å². The number of hydrogen-bond donors (Lipinski definition) is 2. The van der Waals surface area contributed by atoms with Gasteiger partial charge in [0, 0.05) is 0 Å². The van der Waals surface area contributed by atoms with Crippen LogP contribution in [0.3, 0.4) is 0 Å². The van der Waals surface area contributed by atoms with E-state index in [0.717, 1.165) is 18.4 Å². The molecule has 3 rings (SSSR count). The number of carboxylic acid groups (broad SMARTS) is 1. The molecule has 1 saturated heterocycles. The topological polar surface area (TPSA) is 78.9 Å². The highest BCUT2D eigenvalue weighted by Crippen LogP contribution is 2.39. The van der Waals surface area contributed by atoms with Crippen molar-refractivity contribution in [3.8, 4) is 0 Å². The molecule has 106 valence electrons. The smallest absolute Gasteiger partial charge is 0.425 e. The number of carboxylic acids is 1. The third-order valence-electron chi connectivity index (χ3n) is 3.88. The summed E-state index contributed by atoms with van der Waals surface area (Å²) < 4.78 is 5.42. The van der Waals surface area contributed by atoms with Crippen molar-refractivity contribution >= 4 is 12.1 Å². The summed E-state index contributed by atoms with van der Waals surface area (Å²) in [5, 5.41) is 10.3. The van der Waals surface area contributed by atoms with E-state index in [4.69, 9.17) is 9.84 Å². The number of nitrogens with zero attached hydrogens (tertiary/aromatic N) is 1. The van der Waals surface area contributed by atoms with Crippen LogP contribution in [0.25, 0.3) is 0 Å². The number of carbonyl (C=O) groups excluding carboxylic acids is 1. The van der Waals surface area contributed by atoms with E-state index in [9.17, 15) is 9.59 Å². The first-order chi connectivity index (χ1) is 9.58. The van der Waals surface area contributed by atoms with E-state index in [1.807, 2.05) is 24.3 Å². The Kier molecular flexibility index (Phi) is 3.10. The van der Waals surface area contributed by atoms with Crippen molar-refractivity contribution < 1.29 is 19.4 Å². The number of ether oxygens (including phenoxy) is 1. The fraction of sp³-hybridized carbons (Fsp3) is 0.429. The number of benzene rings is 1. The van der Waals surface area contributed by atoms with E-state index in [-0.39, 0.29) is 12.1 Å². The third kappa shape index (κ3) is 2.02. The highest BCUT2D eigenvalue weighted by atomic mass is 16.6. The molecule has 1 heterocycles.